The van der Waals surface area contributed by atoms with Gasteiger partial charge in [-0.3, -0.25) is 4.79 Å². The average Bonchev–Trinajstić information content (AvgIpc) is 3.20. The van der Waals surface area contributed by atoms with Crippen molar-refractivity contribution in [1.82, 2.24) is 25.5 Å². The van der Waals surface area contributed by atoms with Crippen LogP contribution in [0, 0.1) is 0 Å². The van der Waals surface area contributed by atoms with Gasteiger partial charge in [0, 0.05) is 0 Å². The summed E-state index contributed by atoms with van der Waals surface area (Å²) in [5, 5.41) is 16.6. The zero-order valence-corrected chi connectivity index (χ0v) is 14.4. The molecule has 134 valence electrons. The molecule has 0 saturated heterocycles. The topological polar surface area (TPSA) is 81.9 Å². The van der Waals surface area contributed by atoms with E-state index in [4.69, 9.17) is 4.74 Å². The fourth-order valence-corrected chi connectivity index (χ4v) is 2.72. The van der Waals surface area contributed by atoms with Gasteiger partial charge in [-0.2, -0.15) is 4.68 Å². The Morgan fingerprint density at radius 3 is 2.59 bits per heavy atom. The van der Waals surface area contributed by atoms with E-state index in [1.807, 2.05) is 72.8 Å². The van der Waals surface area contributed by atoms with Crippen molar-refractivity contribution in [2.45, 2.75) is 6.54 Å². The molecule has 1 amide bonds. The number of amides is 1. The highest BCUT2D eigenvalue weighted by Crippen LogP contribution is 2.20. The minimum Gasteiger partial charge on any atom is -0.484 e. The number of carbonyl (C=O) groups is 1. The highest BCUT2D eigenvalue weighted by Gasteiger charge is 2.10. The molecular formula is C20H17N5O2. The number of nitrogens with zero attached hydrogens (tertiary/aromatic N) is 4. The van der Waals surface area contributed by atoms with E-state index in [0.717, 1.165) is 16.5 Å². The number of rotatable bonds is 6. The van der Waals surface area contributed by atoms with Gasteiger partial charge in [-0.25, -0.2) is 0 Å². The number of aromatic nitrogens is 4. The lowest BCUT2D eigenvalue weighted by Gasteiger charge is -2.08. The average molecular weight is 359 g/mol. The molecule has 0 spiro atoms. The first-order valence-electron chi connectivity index (χ1n) is 8.50. The van der Waals surface area contributed by atoms with E-state index in [2.05, 4.69) is 20.8 Å². The minimum absolute atomic E-state index is 0.0781. The van der Waals surface area contributed by atoms with E-state index in [-0.39, 0.29) is 19.1 Å². The minimum atomic E-state index is -0.245. The summed E-state index contributed by atoms with van der Waals surface area (Å²) in [6.45, 7) is 0.132. The maximum atomic E-state index is 12.1. The Balaban J connectivity index is 1.34. The lowest BCUT2D eigenvalue weighted by atomic mass is 10.1. The zero-order chi connectivity index (χ0) is 18.5. The Hall–Kier alpha value is -3.74. The number of ether oxygens (including phenoxy) is 1. The van der Waals surface area contributed by atoms with Crippen LogP contribution in [0.2, 0.25) is 0 Å². The number of hydrogen-bond acceptors (Lipinski definition) is 5. The molecule has 0 aliphatic rings. The molecule has 0 saturated carbocycles. The lowest BCUT2D eigenvalue weighted by molar-refractivity contribution is -0.123. The summed E-state index contributed by atoms with van der Waals surface area (Å²) in [7, 11) is 0. The van der Waals surface area contributed by atoms with Gasteiger partial charge in [0.05, 0.1) is 12.2 Å². The third-order valence-corrected chi connectivity index (χ3v) is 4.07. The molecule has 1 N–H and O–H groups in total. The van der Waals surface area contributed by atoms with Crippen LogP contribution in [-0.2, 0) is 11.3 Å². The zero-order valence-electron chi connectivity index (χ0n) is 14.4. The summed E-state index contributed by atoms with van der Waals surface area (Å²) in [6.07, 6.45) is 0. The highest BCUT2D eigenvalue weighted by atomic mass is 16.5. The van der Waals surface area contributed by atoms with Crippen LogP contribution >= 0.6 is 0 Å². The molecule has 4 aromatic rings. The summed E-state index contributed by atoms with van der Waals surface area (Å²) < 4.78 is 7.18. The van der Waals surface area contributed by atoms with E-state index in [1.165, 1.54) is 0 Å². The third kappa shape index (κ3) is 3.92. The van der Waals surface area contributed by atoms with Crippen molar-refractivity contribution < 1.29 is 9.53 Å². The molecule has 0 aliphatic heterocycles. The second-order valence-corrected chi connectivity index (χ2v) is 5.92. The number of tetrazole rings is 1. The first-order chi connectivity index (χ1) is 13.3. The molecule has 0 bridgehead atoms. The van der Waals surface area contributed by atoms with Gasteiger partial charge >= 0.3 is 0 Å². The van der Waals surface area contributed by atoms with Crippen molar-refractivity contribution in [2.75, 3.05) is 6.61 Å². The van der Waals surface area contributed by atoms with Crippen LogP contribution in [0.4, 0.5) is 0 Å². The second kappa shape index (κ2) is 7.65. The molecule has 0 aliphatic carbocycles. The molecule has 27 heavy (non-hydrogen) atoms. The molecule has 4 rings (SSSR count). The fourth-order valence-electron chi connectivity index (χ4n) is 2.72. The van der Waals surface area contributed by atoms with Gasteiger partial charge in [0.1, 0.15) is 5.75 Å². The van der Waals surface area contributed by atoms with Crippen LogP contribution < -0.4 is 10.1 Å². The SMILES string of the molecule is O=C(COc1ccc2ccccc2c1)NCc1nnnn1-c1ccccc1. The smallest absolute Gasteiger partial charge is 0.258 e. The van der Waals surface area contributed by atoms with Gasteiger partial charge in [0.2, 0.25) is 0 Å². The third-order valence-electron chi connectivity index (χ3n) is 4.07. The first-order valence-corrected chi connectivity index (χ1v) is 8.50. The van der Waals surface area contributed by atoms with Gasteiger partial charge in [0.15, 0.2) is 12.4 Å². The molecule has 0 atom stereocenters. The summed E-state index contributed by atoms with van der Waals surface area (Å²) >= 11 is 0. The molecule has 7 nitrogen and oxygen atoms in total. The van der Waals surface area contributed by atoms with Crippen molar-refractivity contribution >= 4 is 16.7 Å². The van der Waals surface area contributed by atoms with Crippen LogP contribution in [0.3, 0.4) is 0 Å². The van der Waals surface area contributed by atoms with E-state index >= 15 is 0 Å². The summed E-state index contributed by atoms with van der Waals surface area (Å²) in [5.41, 5.74) is 0.833. The van der Waals surface area contributed by atoms with Crippen LogP contribution in [0.15, 0.2) is 72.8 Å². The number of para-hydroxylation sites is 1. The normalized spacial score (nSPS) is 10.7. The highest BCUT2D eigenvalue weighted by molar-refractivity contribution is 5.84. The van der Waals surface area contributed by atoms with Gasteiger partial charge in [-0.15, -0.1) is 5.10 Å². The van der Waals surface area contributed by atoms with Crippen molar-refractivity contribution in [2.24, 2.45) is 0 Å². The number of fused-ring (bicyclic) bond motifs is 1. The number of benzene rings is 3. The van der Waals surface area contributed by atoms with E-state index in [1.54, 1.807) is 4.68 Å². The van der Waals surface area contributed by atoms with Crippen molar-refractivity contribution in [3.63, 3.8) is 0 Å². The van der Waals surface area contributed by atoms with E-state index in [9.17, 15) is 4.79 Å². The van der Waals surface area contributed by atoms with Crippen LogP contribution in [0.25, 0.3) is 16.5 Å². The predicted octanol–water partition coefficient (Wildman–Crippen LogP) is 2.51. The Labute approximate surface area is 155 Å². The van der Waals surface area contributed by atoms with Crippen molar-refractivity contribution in [3.8, 4) is 11.4 Å². The maximum absolute atomic E-state index is 12.1. The second-order valence-electron chi connectivity index (χ2n) is 5.92. The monoisotopic (exact) mass is 359 g/mol. The summed E-state index contributed by atoms with van der Waals surface area (Å²) in [6, 6.07) is 23.2. The van der Waals surface area contributed by atoms with Crippen LogP contribution in [-0.4, -0.2) is 32.7 Å². The van der Waals surface area contributed by atoms with Gasteiger partial charge in [-0.1, -0.05) is 48.5 Å². The molecule has 7 heteroatoms. The van der Waals surface area contributed by atoms with Crippen molar-refractivity contribution in [3.05, 3.63) is 78.6 Å². The maximum Gasteiger partial charge on any atom is 0.258 e. The number of hydrogen-bond donors (Lipinski definition) is 1. The molecule has 0 unspecified atom stereocenters. The standard InChI is InChI=1S/C20H17N5O2/c26-20(14-27-18-11-10-15-6-4-5-7-16(15)12-18)21-13-19-22-23-24-25(19)17-8-2-1-3-9-17/h1-12H,13-14H2,(H,21,26). The van der Waals surface area contributed by atoms with E-state index in [0.29, 0.717) is 11.6 Å². The number of nitrogens with one attached hydrogen (secondary N) is 1. The molecule has 1 heterocycles. The molecule has 0 radical (unpaired) electrons. The predicted molar refractivity (Wildman–Crippen MR) is 100 cm³/mol. The quantitative estimate of drug-likeness (QED) is 0.572. The van der Waals surface area contributed by atoms with Crippen LogP contribution in [0.1, 0.15) is 5.82 Å². The molecule has 0 fully saturated rings. The van der Waals surface area contributed by atoms with E-state index < -0.39 is 0 Å². The Bertz CT molecular complexity index is 1060. The molecule has 3 aromatic carbocycles. The Morgan fingerprint density at radius 2 is 1.74 bits per heavy atom. The summed E-state index contributed by atoms with van der Waals surface area (Å²) in [5.74, 6) is 0.948. The Morgan fingerprint density at radius 1 is 0.963 bits per heavy atom. The largest absolute Gasteiger partial charge is 0.484 e. The van der Waals surface area contributed by atoms with Gasteiger partial charge in [0.25, 0.3) is 5.91 Å². The Kier molecular flexibility index (Phi) is 4.74. The van der Waals surface area contributed by atoms with Crippen molar-refractivity contribution in [1.29, 1.82) is 0 Å². The number of carbonyl (C=O) groups excluding carboxylic acids is 1. The summed E-state index contributed by atoms with van der Waals surface area (Å²) in [4.78, 5) is 12.1. The van der Waals surface area contributed by atoms with Crippen LogP contribution in [0.5, 0.6) is 5.75 Å². The fraction of sp³-hybridized carbons (Fsp3) is 0.100. The van der Waals surface area contributed by atoms with Gasteiger partial charge in [-0.05, 0) is 45.5 Å². The first kappa shape index (κ1) is 16.7. The molecule has 1 aromatic heterocycles. The molecular weight excluding hydrogens is 342 g/mol. The lowest BCUT2D eigenvalue weighted by Crippen LogP contribution is -2.29. The van der Waals surface area contributed by atoms with Gasteiger partial charge < -0.3 is 10.1 Å².